The standard InChI is InChI=1S/C15H30O/c1-7-12(2)8-15(16)10-13(3,4)9-14(5,6)11-15/h12,16H,7-11H2,1-6H3. The molecular weight excluding hydrogens is 196 g/mol. The van der Waals surface area contributed by atoms with Crippen molar-refractivity contribution in [2.45, 2.75) is 79.2 Å². The van der Waals surface area contributed by atoms with Crippen molar-refractivity contribution in [3.8, 4) is 0 Å². The molecule has 0 aromatic heterocycles. The van der Waals surface area contributed by atoms with E-state index >= 15 is 0 Å². The molecule has 0 aliphatic heterocycles. The molecule has 0 heterocycles. The van der Waals surface area contributed by atoms with Crippen LogP contribution in [0.2, 0.25) is 0 Å². The van der Waals surface area contributed by atoms with Crippen molar-refractivity contribution in [2.75, 3.05) is 0 Å². The Morgan fingerprint density at radius 3 is 1.81 bits per heavy atom. The highest BCUT2D eigenvalue weighted by molar-refractivity contribution is 4.98. The zero-order valence-electron chi connectivity index (χ0n) is 12.1. The molecule has 1 aliphatic carbocycles. The molecule has 0 amide bonds. The maximum atomic E-state index is 10.8. The Labute approximate surface area is 102 Å². The molecule has 0 radical (unpaired) electrons. The van der Waals surface area contributed by atoms with E-state index in [1.54, 1.807) is 0 Å². The normalized spacial score (nSPS) is 28.7. The minimum atomic E-state index is -0.430. The van der Waals surface area contributed by atoms with Gasteiger partial charge in [-0.2, -0.15) is 0 Å². The van der Waals surface area contributed by atoms with Crippen LogP contribution in [0.3, 0.4) is 0 Å². The lowest BCUT2D eigenvalue weighted by Gasteiger charge is -2.50. The summed E-state index contributed by atoms with van der Waals surface area (Å²) in [5.41, 5.74) is 0.134. The van der Waals surface area contributed by atoms with Crippen molar-refractivity contribution < 1.29 is 5.11 Å². The van der Waals surface area contributed by atoms with Crippen LogP contribution in [-0.4, -0.2) is 10.7 Å². The van der Waals surface area contributed by atoms with Crippen molar-refractivity contribution in [3.63, 3.8) is 0 Å². The van der Waals surface area contributed by atoms with Crippen molar-refractivity contribution in [3.05, 3.63) is 0 Å². The quantitative estimate of drug-likeness (QED) is 0.756. The fraction of sp³-hybridized carbons (Fsp3) is 1.00. The van der Waals surface area contributed by atoms with Gasteiger partial charge in [-0.15, -0.1) is 0 Å². The van der Waals surface area contributed by atoms with Gasteiger partial charge in [0.2, 0.25) is 0 Å². The van der Waals surface area contributed by atoms with Crippen LogP contribution in [0, 0.1) is 16.7 Å². The molecule has 1 N–H and O–H groups in total. The highest BCUT2D eigenvalue weighted by Crippen LogP contribution is 2.51. The summed E-state index contributed by atoms with van der Waals surface area (Å²) in [5.74, 6) is 0.634. The topological polar surface area (TPSA) is 20.2 Å². The first-order valence-corrected chi connectivity index (χ1v) is 6.80. The van der Waals surface area contributed by atoms with Crippen molar-refractivity contribution in [1.29, 1.82) is 0 Å². The van der Waals surface area contributed by atoms with Gasteiger partial charge in [0.15, 0.2) is 0 Å². The summed E-state index contributed by atoms with van der Waals surface area (Å²) in [6, 6.07) is 0. The van der Waals surface area contributed by atoms with E-state index in [1.165, 1.54) is 12.8 Å². The molecule has 1 aliphatic rings. The molecule has 1 nitrogen and oxygen atoms in total. The molecule has 0 aromatic rings. The zero-order valence-corrected chi connectivity index (χ0v) is 12.1. The highest BCUT2D eigenvalue weighted by Gasteiger charge is 2.46. The van der Waals surface area contributed by atoms with Crippen LogP contribution in [0.4, 0.5) is 0 Å². The van der Waals surface area contributed by atoms with Gasteiger partial charge in [-0.3, -0.25) is 0 Å². The van der Waals surface area contributed by atoms with E-state index in [1.807, 2.05) is 0 Å². The molecule has 1 atom stereocenters. The van der Waals surface area contributed by atoms with Crippen LogP contribution < -0.4 is 0 Å². The molecule has 1 fully saturated rings. The van der Waals surface area contributed by atoms with Crippen LogP contribution in [0.25, 0.3) is 0 Å². The highest BCUT2D eigenvalue weighted by atomic mass is 16.3. The van der Waals surface area contributed by atoms with Crippen LogP contribution in [-0.2, 0) is 0 Å². The van der Waals surface area contributed by atoms with Gasteiger partial charge in [0.25, 0.3) is 0 Å². The molecule has 1 heteroatoms. The number of aliphatic hydroxyl groups is 1. The first-order valence-electron chi connectivity index (χ1n) is 6.80. The number of hydrogen-bond acceptors (Lipinski definition) is 1. The van der Waals surface area contributed by atoms with Gasteiger partial charge in [-0.25, -0.2) is 0 Å². The van der Waals surface area contributed by atoms with Gasteiger partial charge >= 0.3 is 0 Å². The van der Waals surface area contributed by atoms with Crippen molar-refractivity contribution in [2.24, 2.45) is 16.7 Å². The largest absolute Gasteiger partial charge is 0.390 e. The van der Waals surface area contributed by atoms with Gasteiger partial charge in [0, 0.05) is 0 Å². The molecule has 0 bridgehead atoms. The van der Waals surface area contributed by atoms with Crippen LogP contribution >= 0.6 is 0 Å². The van der Waals surface area contributed by atoms with Gasteiger partial charge in [0.05, 0.1) is 5.60 Å². The maximum absolute atomic E-state index is 10.8. The van der Waals surface area contributed by atoms with Gasteiger partial charge < -0.3 is 5.11 Å². The summed E-state index contributed by atoms with van der Waals surface area (Å²) in [4.78, 5) is 0. The average molecular weight is 226 g/mol. The minimum Gasteiger partial charge on any atom is -0.390 e. The molecule has 0 saturated heterocycles. The minimum absolute atomic E-state index is 0.282. The summed E-state index contributed by atoms with van der Waals surface area (Å²) in [6.45, 7) is 13.7. The van der Waals surface area contributed by atoms with E-state index in [4.69, 9.17) is 0 Å². The lowest BCUT2D eigenvalue weighted by molar-refractivity contribution is -0.0977. The Morgan fingerprint density at radius 1 is 1.00 bits per heavy atom. The monoisotopic (exact) mass is 226 g/mol. The second-order valence-electron chi connectivity index (χ2n) is 7.80. The second kappa shape index (κ2) is 4.33. The summed E-state index contributed by atoms with van der Waals surface area (Å²) < 4.78 is 0. The predicted octanol–water partition coefficient (Wildman–Crippen LogP) is 4.39. The Kier molecular flexibility index (Phi) is 3.79. The van der Waals surface area contributed by atoms with Crippen molar-refractivity contribution in [1.82, 2.24) is 0 Å². The van der Waals surface area contributed by atoms with Gasteiger partial charge in [-0.1, -0.05) is 48.0 Å². The fourth-order valence-electron chi connectivity index (χ4n) is 4.20. The summed E-state index contributed by atoms with van der Waals surface area (Å²) in [5, 5.41) is 10.8. The molecule has 96 valence electrons. The summed E-state index contributed by atoms with van der Waals surface area (Å²) >= 11 is 0. The molecular formula is C15H30O. The van der Waals surface area contributed by atoms with Gasteiger partial charge in [-0.05, 0) is 42.4 Å². The first kappa shape index (κ1) is 14.0. The van der Waals surface area contributed by atoms with Crippen LogP contribution in [0.1, 0.15) is 73.6 Å². The van der Waals surface area contributed by atoms with Gasteiger partial charge in [0.1, 0.15) is 0 Å². The Bertz CT molecular complexity index is 224. The third-order valence-electron chi connectivity index (χ3n) is 4.00. The van der Waals surface area contributed by atoms with E-state index in [2.05, 4.69) is 41.5 Å². The third kappa shape index (κ3) is 3.76. The second-order valence-corrected chi connectivity index (χ2v) is 7.80. The predicted molar refractivity (Wildman–Crippen MR) is 70.4 cm³/mol. The van der Waals surface area contributed by atoms with E-state index in [9.17, 15) is 5.11 Å². The first-order chi connectivity index (χ1) is 7.08. The van der Waals surface area contributed by atoms with Crippen LogP contribution in [0.15, 0.2) is 0 Å². The van der Waals surface area contributed by atoms with Crippen LogP contribution in [0.5, 0.6) is 0 Å². The van der Waals surface area contributed by atoms with E-state index in [-0.39, 0.29) is 10.8 Å². The summed E-state index contributed by atoms with van der Waals surface area (Å²) in [6.07, 6.45) is 5.30. The molecule has 1 rings (SSSR count). The molecule has 1 saturated carbocycles. The Hall–Kier alpha value is -0.0400. The zero-order chi connectivity index (χ0) is 12.6. The summed E-state index contributed by atoms with van der Waals surface area (Å²) in [7, 11) is 0. The SMILES string of the molecule is CCC(C)CC1(O)CC(C)(C)CC(C)(C)C1. The van der Waals surface area contributed by atoms with E-state index < -0.39 is 5.60 Å². The maximum Gasteiger partial charge on any atom is 0.0660 e. The molecule has 16 heavy (non-hydrogen) atoms. The molecule has 0 aromatic carbocycles. The number of rotatable bonds is 3. The smallest absolute Gasteiger partial charge is 0.0660 e. The molecule has 0 spiro atoms. The lowest BCUT2D eigenvalue weighted by atomic mass is 9.58. The lowest BCUT2D eigenvalue weighted by Crippen LogP contribution is -2.46. The Balaban J connectivity index is 2.79. The molecule has 1 unspecified atom stereocenters. The van der Waals surface area contributed by atoms with E-state index in [0.717, 1.165) is 19.3 Å². The Morgan fingerprint density at radius 2 is 1.44 bits per heavy atom. The average Bonchev–Trinajstić information content (AvgIpc) is 1.95. The number of hydrogen-bond donors (Lipinski definition) is 1. The fourth-order valence-corrected chi connectivity index (χ4v) is 4.20. The van der Waals surface area contributed by atoms with E-state index in [0.29, 0.717) is 5.92 Å². The third-order valence-corrected chi connectivity index (χ3v) is 4.00. The van der Waals surface area contributed by atoms with Crippen molar-refractivity contribution >= 4 is 0 Å².